The molecule has 8 nitrogen and oxygen atoms in total. The molecule has 1 aliphatic rings. The Kier molecular flexibility index (Phi) is 7.27. The zero-order valence-corrected chi connectivity index (χ0v) is 13.8. The van der Waals surface area contributed by atoms with E-state index in [1.165, 1.54) is 9.91 Å². The topological polar surface area (TPSA) is 94.3 Å². The fourth-order valence-electron chi connectivity index (χ4n) is 1.91. The predicted octanol–water partition coefficient (Wildman–Crippen LogP) is -1.68. The van der Waals surface area contributed by atoms with Gasteiger partial charge in [-0.15, -0.1) is 5.01 Å². The average molecular weight is 302 g/mol. The summed E-state index contributed by atoms with van der Waals surface area (Å²) in [6.45, 7) is 1.37. The van der Waals surface area contributed by atoms with Gasteiger partial charge in [-0.2, -0.15) is 0 Å². The molecule has 1 aromatic rings. The van der Waals surface area contributed by atoms with Gasteiger partial charge >= 0.3 is 35.7 Å². The molecule has 2 rings (SSSR count). The minimum atomic E-state index is -0.426. The number of nitrogens with zero attached hydrogens (tertiary/aromatic N) is 4. The second kappa shape index (κ2) is 8.71. The second-order valence-electron chi connectivity index (χ2n) is 4.32. The zero-order valence-electron chi connectivity index (χ0n) is 11.8. The van der Waals surface area contributed by atoms with Crippen LogP contribution in [0.1, 0.15) is 5.56 Å². The van der Waals surface area contributed by atoms with Crippen LogP contribution in [0.4, 0.5) is 4.79 Å². The van der Waals surface area contributed by atoms with Crippen LogP contribution in [-0.2, 0) is 11.3 Å². The maximum Gasteiger partial charge on any atom is 1.00 e. The third kappa shape index (κ3) is 5.07. The molecule has 1 saturated heterocycles. The number of piperazine rings is 1. The monoisotopic (exact) mass is 302 g/mol. The van der Waals surface area contributed by atoms with Crippen LogP contribution in [-0.4, -0.2) is 47.2 Å². The molecule has 21 heavy (non-hydrogen) atoms. The van der Waals surface area contributed by atoms with Gasteiger partial charge in [-0.1, -0.05) is 30.3 Å². The average Bonchev–Trinajstić information content (AvgIpc) is 2.53. The molecule has 0 aliphatic carbocycles. The number of ether oxygens (including phenoxy) is 1. The predicted molar refractivity (Wildman–Crippen MR) is 69.2 cm³/mol. The van der Waals surface area contributed by atoms with Crippen LogP contribution in [0, 0.1) is 10.4 Å². The summed E-state index contributed by atoms with van der Waals surface area (Å²) < 4.78 is 5.18. The first kappa shape index (κ1) is 17.5. The van der Waals surface area contributed by atoms with Gasteiger partial charge in [0.1, 0.15) is 6.61 Å². The summed E-state index contributed by atoms with van der Waals surface area (Å²) >= 11 is 0. The van der Waals surface area contributed by atoms with Crippen LogP contribution in [0.2, 0.25) is 0 Å². The van der Waals surface area contributed by atoms with Crippen molar-refractivity contribution in [2.24, 2.45) is 5.28 Å². The Morgan fingerprint density at radius 3 is 2.43 bits per heavy atom. The van der Waals surface area contributed by atoms with Crippen LogP contribution in [0.25, 0.3) is 0 Å². The number of rotatable bonds is 3. The van der Waals surface area contributed by atoms with Crippen LogP contribution >= 0.6 is 0 Å². The van der Waals surface area contributed by atoms with Gasteiger partial charge < -0.3 is 20.1 Å². The van der Waals surface area contributed by atoms with Crippen molar-refractivity contribution in [1.82, 2.24) is 9.91 Å². The maximum atomic E-state index is 11.8. The molecule has 1 amide bonds. The van der Waals surface area contributed by atoms with Gasteiger partial charge in [0, 0.05) is 18.1 Å². The summed E-state index contributed by atoms with van der Waals surface area (Å²) in [5.41, 5.74) is 0.912. The summed E-state index contributed by atoms with van der Waals surface area (Å²) in [6, 6.07) is 9.38. The van der Waals surface area contributed by atoms with E-state index in [0.717, 1.165) is 5.56 Å². The molecular weight excluding hydrogens is 287 g/mol. The molecule has 0 saturated carbocycles. The Morgan fingerprint density at radius 1 is 1.24 bits per heavy atom. The second-order valence-corrected chi connectivity index (χ2v) is 4.32. The van der Waals surface area contributed by atoms with Gasteiger partial charge in [-0.3, -0.25) is 0 Å². The summed E-state index contributed by atoms with van der Waals surface area (Å²) in [6.07, 6.45) is -0.426. The van der Waals surface area contributed by atoms with Gasteiger partial charge in [-0.05, 0) is 10.8 Å². The fourth-order valence-corrected chi connectivity index (χ4v) is 1.91. The maximum absolute atomic E-state index is 11.8. The number of amides is 1. The third-order valence-corrected chi connectivity index (χ3v) is 3.03. The minimum Gasteiger partial charge on any atom is -0.737 e. The first-order chi connectivity index (χ1) is 9.70. The van der Waals surface area contributed by atoms with E-state index in [1.54, 1.807) is 0 Å². The zero-order chi connectivity index (χ0) is 14.4. The van der Waals surface area contributed by atoms with Crippen molar-refractivity contribution in [3.63, 3.8) is 0 Å². The Balaban J connectivity index is 0.00000220. The first-order valence-electron chi connectivity index (χ1n) is 6.21. The number of benzene rings is 1. The molecule has 0 unspecified atom stereocenters. The smallest absolute Gasteiger partial charge is 0.737 e. The van der Waals surface area contributed by atoms with Crippen LogP contribution in [0.3, 0.4) is 0 Å². The quantitative estimate of drug-likeness (QED) is 0.288. The Hall–Kier alpha value is -1.51. The summed E-state index contributed by atoms with van der Waals surface area (Å²) in [5.74, 6) is 0. The molecule has 1 heterocycles. The molecule has 1 aromatic carbocycles. The molecule has 0 N–H and O–H groups in total. The molecule has 0 bridgehead atoms. The fraction of sp³-hybridized carbons (Fsp3) is 0.417. The Morgan fingerprint density at radius 2 is 1.86 bits per heavy atom. The molecule has 1 aliphatic heterocycles. The largest absolute Gasteiger partial charge is 1.00 e. The van der Waals surface area contributed by atoms with Crippen molar-refractivity contribution in [2.45, 2.75) is 6.61 Å². The molecule has 0 aromatic heterocycles. The third-order valence-electron chi connectivity index (χ3n) is 3.03. The van der Waals surface area contributed by atoms with Gasteiger partial charge in [0.15, 0.2) is 0 Å². The van der Waals surface area contributed by atoms with E-state index in [1.807, 2.05) is 30.3 Å². The molecule has 1 fully saturated rings. The molecule has 0 radical (unpaired) electrons. The van der Waals surface area contributed by atoms with E-state index < -0.39 is 6.09 Å². The molecule has 0 atom stereocenters. The molecule has 9 heteroatoms. The van der Waals surface area contributed by atoms with Crippen molar-refractivity contribution < 1.29 is 44.1 Å². The Bertz CT molecular complexity index is 477. The standard InChI is InChI=1S/C12H16N4O4.Na/c17-12(20-10-11-4-2-1-3-5-11)14-6-8-15(9-7-14)16(19)13-18;/h1-5,18H,6-10H2;/q;+1/p-1/b16-13-;. The van der Waals surface area contributed by atoms with Crippen molar-refractivity contribution in [3.05, 3.63) is 46.3 Å². The van der Waals surface area contributed by atoms with E-state index >= 15 is 0 Å². The van der Waals surface area contributed by atoms with E-state index in [4.69, 9.17) is 4.74 Å². The van der Waals surface area contributed by atoms with E-state index in [2.05, 4.69) is 5.28 Å². The van der Waals surface area contributed by atoms with Crippen LogP contribution in [0.15, 0.2) is 35.6 Å². The number of carbonyl (C=O) groups is 1. The number of carbonyl (C=O) groups excluding carboxylic acids is 1. The molecule has 0 spiro atoms. The van der Waals surface area contributed by atoms with Crippen LogP contribution in [0.5, 0.6) is 0 Å². The summed E-state index contributed by atoms with van der Waals surface area (Å²) in [7, 11) is 0. The number of hydrogen-bond acceptors (Lipinski definition) is 5. The van der Waals surface area contributed by atoms with Crippen molar-refractivity contribution in [1.29, 1.82) is 0 Å². The summed E-state index contributed by atoms with van der Waals surface area (Å²) in [4.78, 5) is 13.3. The minimum absolute atomic E-state index is 0. The number of hydrogen-bond donors (Lipinski definition) is 0. The van der Waals surface area contributed by atoms with Gasteiger partial charge in [0.25, 0.3) is 0 Å². The number of hydrazine groups is 1. The molecular formula is C12H15N4NaO4. The normalized spacial score (nSPS) is 15.3. The first-order valence-corrected chi connectivity index (χ1v) is 6.21. The van der Waals surface area contributed by atoms with Crippen molar-refractivity contribution in [3.8, 4) is 0 Å². The van der Waals surface area contributed by atoms with E-state index in [-0.39, 0.29) is 54.2 Å². The van der Waals surface area contributed by atoms with Crippen LogP contribution < -0.4 is 29.6 Å². The van der Waals surface area contributed by atoms with Gasteiger partial charge in [0.2, 0.25) is 0 Å². The molecule has 108 valence electrons. The van der Waals surface area contributed by atoms with Crippen molar-refractivity contribution in [2.75, 3.05) is 26.2 Å². The van der Waals surface area contributed by atoms with Crippen molar-refractivity contribution >= 4 is 6.09 Å². The van der Waals surface area contributed by atoms with E-state index in [9.17, 15) is 15.2 Å². The van der Waals surface area contributed by atoms with Gasteiger partial charge in [-0.25, -0.2) is 4.79 Å². The Labute approximate surface area is 144 Å². The van der Waals surface area contributed by atoms with Gasteiger partial charge in [0.05, 0.1) is 13.1 Å². The SMILES string of the molecule is O=C(OCc1ccccc1)N1CCN(/[N+]([O-])=N/[O-])CC1.[Na+]. The van der Waals surface area contributed by atoms with E-state index in [0.29, 0.717) is 13.1 Å². The summed E-state index contributed by atoms with van der Waals surface area (Å²) in [5, 5.41) is 24.6.